The van der Waals surface area contributed by atoms with E-state index in [2.05, 4.69) is 17.1 Å². The number of aliphatic carboxylic acids is 2. The summed E-state index contributed by atoms with van der Waals surface area (Å²) < 4.78 is 5.46. The molecular weight excluding hydrogens is 316 g/mol. The minimum atomic E-state index is -1.26. The lowest BCUT2D eigenvalue weighted by atomic mass is 9.84. The Morgan fingerprint density at radius 3 is 2.29 bits per heavy atom. The van der Waals surface area contributed by atoms with Crippen molar-refractivity contribution < 1.29 is 29.4 Å². The van der Waals surface area contributed by atoms with Gasteiger partial charge in [0.1, 0.15) is 5.60 Å². The van der Waals surface area contributed by atoms with Crippen molar-refractivity contribution in [2.45, 2.75) is 56.7 Å². The third-order valence-corrected chi connectivity index (χ3v) is 4.69. The molecule has 0 radical (unpaired) electrons. The highest BCUT2D eigenvalue weighted by atomic mass is 16.7. The van der Waals surface area contributed by atoms with Crippen molar-refractivity contribution in [3.8, 4) is 0 Å². The van der Waals surface area contributed by atoms with Gasteiger partial charge in [-0.25, -0.2) is 9.59 Å². The maximum Gasteiger partial charge on any atom is 0.328 e. The van der Waals surface area contributed by atoms with Crippen LogP contribution < -0.4 is 0 Å². The minimum Gasteiger partial charge on any atom is -0.479 e. The average molecular weight is 340 g/mol. The van der Waals surface area contributed by atoms with Crippen molar-refractivity contribution >= 4 is 17.8 Å². The molecule has 0 amide bonds. The number of carboxylic acid groups (broad SMARTS) is 2. The molecule has 3 heterocycles. The molecule has 3 aliphatic heterocycles. The average Bonchev–Trinajstić information content (AvgIpc) is 2.97. The lowest BCUT2D eigenvalue weighted by Gasteiger charge is -2.40. The number of fused-ring (bicyclic) bond motifs is 2. The van der Waals surface area contributed by atoms with Crippen molar-refractivity contribution in [1.29, 1.82) is 0 Å². The van der Waals surface area contributed by atoms with Crippen LogP contribution in [0, 0.1) is 0 Å². The number of nitrogens with zero attached hydrogens (tertiary/aromatic N) is 2. The van der Waals surface area contributed by atoms with Gasteiger partial charge in [0.05, 0.1) is 13.0 Å². The zero-order chi connectivity index (χ0) is 17.7. The van der Waals surface area contributed by atoms with Crippen LogP contribution in [0.15, 0.2) is 17.3 Å². The summed E-state index contributed by atoms with van der Waals surface area (Å²) >= 11 is 0. The van der Waals surface area contributed by atoms with Crippen LogP contribution in [0.1, 0.15) is 39.0 Å². The fourth-order valence-corrected chi connectivity index (χ4v) is 3.62. The maximum absolute atomic E-state index is 9.55. The molecule has 8 heteroatoms. The first kappa shape index (κ1) is 18.3. The molecule has 8 nitrogen and oxygen atoms in total. The molecule has 2 N–H and O–H groups in total. The molecule has 0 aliphatic carbocycles. The van der Waals surface area contributed by atoms with Gasteiger partial charge in [-0.05, 0) is 26.8 Å². The van der Waals surface area contributed by atoms with E-state index in [0.29, 0.717) is 30.8 Å². The van der Waals surface area contributed by atoms with E-state index in [1.54, 1.807) is 0 Å². The first-order valence-electron chi connectivity index (χ1n) is 8.09. The lowest BCUT2D eigenvalue weighted by Crippen LogP contribution is -2.49. The van der Waals surface area contributed by atoms with Crippen LogP contribution >= 0.6 is 0 Å². The predicted octanol–water partition coefficient (Wildman–Crippen LogP) is 1.46. The first-order chi connectivity index (χ1) is 11.3. The van der Waals surface area contributed by atoms with Crippen molar-refractivity contribution in [3.05, 3.63) is 12.2 Å². The molecule has 2 bridgehead atoms. The third-order valence-electron chi connectivity index (χ3n) is 4.69. The molecule has 2 fully saturated rings. The van der Waals surface area contributed by atoms with Crippen molar-refractivity contribution in [3.63, 3.8) is 0 Å². The summed E-state index contributed by atoms with van der Waals surface area (Å²) in [6.07, 6.45) is 6.85. The second kappa shape index (κ2) is 7.65. The summed E-state index contributed by atoms with van der Waals surface area (Å²) in [5, 5.41) is 19.7. The van der Waals surface area contributed by atoms with Gasteiger partial charge in [-0.15, -0.1) is 0 Å². The quantitative estimate of drug-likeness (QED) is 0.749. The second-order valence-electron chi connectivity index (χ2n) is 6.34. The molecule has 1 spiro atoms. The molecule has 3 atom stereocenters. The Bertz CT molecular complexity index is 515. The Kier molecular flexibility index (Phi) is 5.82. The number of oxime groups is 1. The van der Waals surface area contributed by atoms with Crippen LogP contribution in [-0.2, 0) is 19.2 Å². The molecule has 0 aromatic rings. The molecule has 24 heavy (non-hydrogen) atoms. The van der Waals surface area contributed by atoms with Gasteiger partial charge in [-0.3, -0.25) is 0 Å². The van der Waals surface area contributed by atoms with Crippen LogP contribution in [0.25, 0.3) is 0 Å². The lowest BCUT2D eigenvalue weighted by molar-refractivity contribution is -0.134. The molecule has 0 saturated carbocycles. The number of carboxylic acids is 2. The van der Waals surface area contributed by atoms with Gasteiger partial charge in [-0.1, -0.05) is 5.16 Å². The SMILES string of the molecule is CCOC1=NOC2(C1)C[C@H]1CC[C@@H](C2)N1C.O=C(O)/C=C/C(=O)O. The van der Waals surface area contributed by atoms with Gasteiger partial charge >= 0.3 is 11.9 Å². The summed E-state index contributed by atoms with van der Waals surface area (Å²) in [5.41, 5.74) is -0.0388. The Morgan fingerprint density at radius 2 is 1.83 bits per heavy atom. The van der Waals surface area contributed by atoms with Crippen molar-refractivity contribution in [2.75, 3.05) is 13.7 Å². The second-order valence-corrected chi connectivity index (χ2v) is 6.34. The van der Waals surface area contributed by atoms with Gasteiger partial charge < -0.3 is 24.7 Å². The standard InChI is InChI=1S/C12H20N2O2.C4H4O4/c1-3-15-11-8-12(16-13-11)6-9-4-5-10(7-12)14(9)2;5-3(6)1-2-4(7)8/h9-10H,3-8H2,1-2H3;1-2H,(H,5,6)(H,7,8)/b;2-1+/t9-,10+,12?;. The highest BCUT2D eigenvalue weighted by Gasteiger charge is 2.51. The molecule has 0 aromatic carbocycles. The van der Waals surface area contributed by atoms with Crippen LogP contribution in [0.4, 0.5) is 0 Å². The normalized spacial score (nSPS) is 31.3. The molecule has 3 rings (SSSR count). The molecule has 3 aliphatic rings. The largest absolute Gasteiger partial charge is 0.479 e. The topological polar surface area (TPSA) is 109 Å². The number of ether oxygens (including phenoxy) is 1. The highest BCUT2D eigenvalue weighted by molar-refractivity contribution is 5.89. The van der Waals surface area contributed by atoms with Gasteiger partial charge in [0.15, 0.2) is 0 Å². The van der Waals surface area contributed by atoms with Crippen LogP contribution in [-0.4, -0.2) is 64.3 Å². The maximum atomic E-state index is 9.55. The summed E-state index contributed by atoms with van der Waals surface area (Å²) in [6.45, 7) is 2.68. The van der Waals surface area contributed by atoms with Gasteiger partial charge in [0.25, 0.3) is 0 Å². The zero-order valence-corrected chi connectivity index (χ0v) is 14.0. The van der Waals surface area contributed by atoms with Gasteiger partial charge in [0, 0.05) is 37.1 Å². The van der Waals surface area contributed by atoms with Crippen molar-refractivity contribution in [1.82, 2.24) is 4.90 Å². The van der Waals surface area contributed by atoms with Gasteiger partial charge in [0.2, 0.25) is 5.90 Å². The van der Waals surface area contributed by atoms with E-state index in [1.165, 1.54) is 12.8 Å². The predicted molar refractivity (Wildman–Crippen MR) is 85.7 cm³/mol. The fourth-order valence-electron chi connectivity index (χ4n) is 3.62. The monoisotopic (exact) mass is 340 g/mol. The van der Waals surface area contributed by atoms with Crippen molar-refractivity contribution in [2.24, 2.45) is 5.16 Å². The van der Waals surface area contributed by atoms with E-state index in [4.69, 9.17) is 19.8 Å². The number of piperidine rings is 1. The Balaban J connectivity index is 0.000000224. The van der Waals surface area contributed by atoms with Crippen LogP contribution in [0.2, 0.25) is 0 Å². The smallest absolute Gasteiger partial charge is 0.328 e. The van der Waals surface area contributed by atoms with E-state index in [-0.39, 0.29) is 5.60 Å². The third kappa shape index (κ3) is 4.47. The zero-order valence-electron chi connectivity index (χ0n) is 14.0. The van der Waals surface area contributed by atoms with E-state index in [1.807, 2.05) is 6.92 Å². The Morgan fingerprint density at radius 1 is 1.29 bits per heavy atom. The molecule has 2 saturated heterocycles. The van der Waals surface area contributed by atoms with Crippen LogP contribution in [0.3, 0.4) is 0 Å². The molecule has 1 unspecified atom stereocenters. The Labute approximate surface area is 140 Å². The van der Waals surface area contributed by atoms with E-state index in [9.17, 15) is 9.59 Å². The Hall–Kier alpha value is -2.09. The van der Waals surface area contributed by atoms with E-state index in [0.717, 1.165) is 25.2 Å². The van der Waals surface area contributed by atoms with Gasteiger partial charge in [-0.2, -0.15) is 0 Å². The summed E-state index contributed by atoms with van der Waals surface area (Å²) in [6, 6.07) is 1.38. The highest BCUT2D eigenvalue weighted by Crippen LogP contribution is 2.45. The number of hydrogen-bond acceptors (Lipinski definition) is 6. The van der Waals surface area contributed by atoms with E-state index < -0.39 is 11.9 Å². The number of carbonyl (C=O) groups is 2. The summed E-state index contributed by atoms with van der Waals surface area (Å²) in [4.78, 5) is 27.3. The number of hydrogen-bond donors (Lipinski definition) is 2. The molecule has 0 aromatic heterocycles. The molecule has 134 valence electrons. The fraction of sp³-hybridized carbons (Fsp3) is 0.688. The molecular formula is C16H24N2O6. The van der Waals surface area contributed by atoms with E-state index >= 15 is 0 Å². The van der Waals surface area contributed by atoms with Crippen LogP contribution in [0.5, 0.6) is 0 Å². The minimum absolute atomic E-state index is 0.0388. The summed E-state index contributed by atoms with van der Waals surface area (Å²) in [7, 11) is 2.24. The summed E-state index contributed by atoms with van der Waals surface area (Å²) in [5.74, 6) is -1.72. The first-order valence-corrected chi connectivity index (χ1v) is 8.09. The number of rotatable bonds is 3.